The van der Waals surface area contributed by atoms with Gasteiger partial charge in [0.05, 0.1) is 24.9 Å². The number of thiazole rings is 1. The largest absolute Gasteiger partial charge is 0.378 e. The van der Waals surface area contributed by atoms with Crippen LogP contribution < -0.4 is 5.32 Å². The Morgan fingerprint density at radius 3 is 2.65 bits per heavy atom. The van der Waals surface area contributed by atoms with Crippen molar-refractivity contribution in [3.8, 4) is 11.3 Å². The van der Waals surface area contributed by atoms with E-state index in [9.17, 15) is 0 Å². The Hall–Kier alpha value is -1.23. The van der Waals surface area contributed by atoms with Crippen LogP contribution in [-0.4, -0.2) is 24.7 Å². The van der Waals surface area contributed by atoms with Crippen molar-refractivity contribution < 1.29 is 4.74 Å². The van der Waals surface area contributed by atoms with Gasteiger partial charge in [-0.15, -0.1) is 11.3 Å². The molecule has 0 aliphatic carbocycles. The van der Waals surface area contributed by atoms with Crippen molar-refractivity contribution in [2.45, 2.75) is 26.8 Å². The summed E-state index contributed by atoms with van der Waals surface area (Å²) in [5.74, 6) is 0. The number of nitrogens with zero attached hydrogens (tertiary/aromatic N) is 1. The van der Waals surface area contributed by atoms with Gasteiger partial charge < -0.3 is 10.1 Å². The minimum absolute atomic E-state index is 0.244. The second-order valence-electron chi connectivity index (χ2n) is 5.43. The van der Waals surface area contributed by atoms with E-state index in [2.05, 4.69) is 43.6 Å². The average molecular weight is 288 g/mol. The van der Waals surface area contributed by atoms with Crippen LogP contribution in [0.15, 0.2) is 17.5 Å². The molecule has 0 amide bonds. The average Bonchev–Trinajstić information content (AvgIpc) is 2.88. The molecule has 1 aromatic carbocycles. The van der Waals surface area contributed by atoms with E-state index in [0.29, 0.717) is 0 Å². The quantitative estimate of drug-likeness (QED) is 0.919. The molecule has 1 atom stereocenters. The second kappa shape index (κ2) is 5.64. The minimum atomic E-state index is 0.244. The molecule has 0 spiro atoms. The number of rotatable bonds is 2. The highest BCUT2D eigenvalue weighted by Crippen LogP contribution is 2.31. The maximum atomic E-state index is 5.52. The summed E-state index contributed by atoms with van der Waals surface area (Å²) < 4.78 is 5.52. The predicted octanol–water partition coefficient (Wildman–Crippen LogP) is 3.40. The maximum absolute atomic E-state index is 5.52. The third-order valence-corrected chi connectivity index (χ3v) is 4.63. The summed E-state index contributed by atoms with van der Waals surface area (Å²) in [6, 6.07) is 4.70. The zero-order valence-electron chi connectivity index (χ0n) is 12.2. The number of ether oxygens (including phenoxy) is 1. The first-order chi connectivity index (χ1) is 9.65. The van der Waals surface area contributed by atoms with Crippen LogP contribution >= 0.6 is 11.3 Å². The smallest absolute Gasteiger partial charge is 0.113 e. The molecule has 0 saturated carbocycles. The van der Waals surface area contributed by atoms with Crippen LogP contribution in [0.4, 0.5) is 0 Å². The van der Waals surface area contributed by atoms with Gasteiger partial charge in [-0.1, -0.05) is 17.7 Å². The van der Waals surface area contributed by atoms with Crippen LogP contribution in [-0.2, 0) is 4.74 Å². The van der Waals surface area contributed by atoms with Gasteiger partial charge in [0.25, 0.3) is 0 Å². The molecule has 1 unspecified atom stereocenters. The summed E-state index contributed by atoms with van der Waals surface area (Å²) in [4.78, 5) is 4.83. The standard InChI is InChI=1S/C16H20N2OS/c1-10-6-11(2)15(12(3)7-10)14-9-20-16(18-14)13-8-19-5-4-17-13/h6-7,9,13,17H,4-5,8H2,1-3H3. The van der Waals surface area contributed by atoms with Crippen molar-refractivity contribution in [3.63, 3.8) is 0 Å². The van der Waals surface area contributed by atoms with Crippen LogP contribution in [0.5, 0.6) is 0 Å². The maximum Gasteiger partial charge on any atom is 0.113 e. The van der Waals surface area contributed by atoms with Crippen molar-refractivity contribution in [2.24, 2.45) is 0 Å². The molecule has 20 heavy (non-hydrogen) atoms. The van der Waals surface area contributed by atoms with Crippen LogP contribution in [0.1, 0.15) is 27.7 Å². The first-order valence-electron chi connectivity index (χ1n) is 7.00. The van der Waals surface area contributed by atoms with Gasteiger partial charge in [-0.2, -0.15) is 0 Å². The molecule has 2 aromatic rings. The lowest BCUT2D eigenvalue weighted by molar-refractivity contribution is 0.0768. The highest BCUT2D eigenvalue weighted by Gasteiger charge is 2.19. The van der Waals surface area contributed by atoms with Crippen LogP contribution in [0.3, 0.4) is 0 Å². The van der Waals surface area contributed by atoms with Crippen molar-refractivity contribution in [3.05, 3.63) is 39.2 Å². The summed E-state index contributed by atoms with van der Waals surface area (Å²) in [5, 5.41) is 6.75. The number of morpholine rings is 1. The molecule has 4 heteroatoms. The van der Waals surface area contributed by atoms with Gasteiger partial charge >= 0.3 is 0 Å². The molecule has 0 bridgehead atoms. The van der Waals surface area contributed by atoms with Crippen LogP contribution in [0.2, 0.25) is 0 Å². The molecule has 3 nitrogen and oxygen atoms in total. The third kappa shape index (κ3) is 2.64. The Morgan fingerprint density at radius 1 is 1.25 bits per heavy atom. The number of hydrogen-bond acceptors (Lipinski definition) is 4. The fraction of sp³-hybridized carbons (Fsp3) is 0.438. The van der Waals surface area contributed by atoms with Gasteiger partial charge in [-0.3, -0.25) is 0 Å². The monoisotopic (exact) mass is 288 g/mol. The van der Waals surface area contributed by atoms with E-state index in [1.54, 1.807) is 11.3 Å². The zero-order chi connectivity index (χ0) is 14.1. The molecule has 1 aromatic heterocycles. The lowest BCUT2D eigenvalue weighted by Crippen LogP contribution is -2.34. The van der Waals surface area contributed by atoms with Gasteiger partial charge in [0.15, 0.2) is 0 Å². The molecule has 1 aliphatic heterocycles. The fourth-order valence-electron chi connectivity index (χ4n) is 2.87. The van der Waals surface area contributed by atoms with E-state index in [0.717, 1.165) is 30.5 Å². The van der Waals surface area contributed by atoms with Gasteiger partial charge in [0.2, 0.25) is 0 Å². The normalized spacial score (nSPS) is 19.2. The van der Waals surface area contributed by atoms with Crippen LogP contribution in [0.25, 0.3) is 11.3 Å². The second-order valence-corrected chi connectivity index (χ2v) is 6.32. The molecular formula is C16H20N2OS. The first-order valence-corrected chi connectivity index (χ1v) is 7.88. The van der Waals surface area contributed by atoms with Gasteiger partial charge in [-0.25, -0.2) is 4.98 Å². The molecule has 2 heterocycles. The Kier molecular flexibility index (Phi) is 3.87. The summed E-state index contributed by atoms with van der Waals surface area (Å²) in [6.07, 6.45) is 0. The number of hydrogen-bond donors (Lipinski definition) is 1. The van der Waals surface area contributed by atoms with Crippen molar-refractivity contribution in [1.29, 1.82) is 0 Å². The Bertz CT molecular complexity index is 592. The SMILES string of the molecule is Cc1cc(C)c(-c2csc(C3COCCN3)n2)c(C)c1. The van der Waals surface area contributed by atoms with Crippen molar-refractivity contribution in [1.82, 2.24) is 10.3 Å². The van der Waals surface area contributed by atoms with Crippen molar-refractivity contribution in [2.75, 3.05) is 19.8 Å². The molecule has 1 saturated heterocycles. The van der Waals surface area contributed by atoms with Crippen LogP contribution in [0, 0.1) is 20.8 Å². The van der Waals surface area contributed by atoms with Gasteiger partial charge in [0, 0.05) is 17.5 Å². The Balaban J connectivity index is 1.94. The van der Waals surface area contributed by atoms with Crippen molar-refractivity contribution >= 4 is 11.3 Å². The van der Waals surface area contributed by atoms with Gasteiger partial charge in [-0.05, 0) is 31.9 Å². The van der Waals surface area contributed by atoms with E-state index >= 15 is 0 Å². The minimum Gasteiger partial charge on any atom is -0.378 e. The van der Waals surface area contributed by atoms with E-state index in [1.807, 2.05) is 0 Å². The molecule has 0 radical (unpaired) electrons. The molecule has 3 rings (SSSR count). The topological polar surface area (TPSA) is 34.1 Å². The van der Waals surface area contributed by atoms with E-state index < -0.39 is 0 Å². The Morgan fingerprint density at radius 2 is 2.00 bits per heavy atom. The number of benzene rings is 1. The number of nitrogens with one attached hydrogen (secondary N) is 1. The third-order valence-electron chi connectivity index (χ3n) is 3.67. The Labute approximate surface area is 124 Å². The van der Waals surface area contributed by atoms with Gasteiger partial charge in [0.1, 0.15) is 5.01 Å². The fourth-order valence-corrected chi connectivity index (χ4v) is 3.74. The van der Waals surface area contributed by atoms with E-state index in [4.69, 9.17) is 9.72 Å². The number of aromatic nitrogens is 1. The molecular weight excluding hydrogens is 268 g/mol. The predicted molar refractivity (Wildman–Crippen MR) is 83.3 cm³/mol. The lowest BCUT2D eigenvalue weighted by atomic mass is 9.98. The molecule has 1 N–H and O–H groups in total. The zero-order valence-corrected chi connectivity index (χ0v) is 13.0. The number of aryl methyl sites for hydroxylation is 3. The lowest BCUT2D eigenvalue weighted by Gasteiger charge is -2.21. The van der Waals surface area contributed by atoms with E-state index in [1.165, 1.54) is 22.3 Å². The summed E-state index contributed by atoms with van der Waals surface area (Å²) in [5.41, 5.74) is 6.27. The summed E-state index contributed by atoms with van der Waals surface area (Å²) >= 11 is 1.72. The molecule has 1 fully saturated rings. The highest BCUT2D eigenvalue weighted by atomic mass is 32.1. The molecule has 1 aliphatic rings. The highest BCUT2D eigenvalue weighted by molar-refractivity contribution is 7.10. The molecule has 106 valence electrons. The first kappa shape index (κ1) is 13.7. The summed E-state index contributed by atoms with van der Waals surface area (Å²) in [6.45, 7) is 8.89. The van der Waals surface area contributed by atoms with E-state index in [-0.39, 0.29) is 6.04 Å². The summed E-state index contributed by atoms with van der Waals surface area (Å²) in [7, 11) is 0.